The van der Waals surface area contributed by atoms with Gasteiger partial charge in [-0.3, -0.25) is 9.59 Å². The zero-order valence-electron chi connectivity index (χ0n) is 14.6. The van der Waals surface area contributed by atoms with Gasteiger partial charge in [-0.15, -0.1) is 11.3 Å². The van der Waals surface area contributed by atoms with Gasteiger partial charge < -0.3 is 14.8 Å². The Morgan fingerprint density at radius 2 is 2.08 bits per heavy atom. The number of H-pyrrole nitrogens is 1. The molecule has 0 bridgehead atoms. The van der Waals surface area contributed by atoms with E-state index < -0.39 is 0 Å². The maximum Gasteiger partial charge on any atom is 0.277 e. The molecule has 0 saturated heterocycles. The van der Waals surface area contributed by atoms with Crippen molar-refractivity contribution in [2.24, 2.45) is 0 Å². The van der Waals surface area contributed by atoms with Gasteiger partial charge in [-0.05, 0) is 38.7 Å². The molecule has 0 radical (unpaired) electrons. The number of aromatic nitrogens is 2. The second-order valence-electron chi connectivity index (χ2n) is 6.43. The third-order valence-corrected chi connectivity index (χ3v) is 5.85. The Kier molecular flexibility index (Phi) is 5.01. The molecule has 0 aromatic carbocycles. The molecule has 0 aliphatic heterocycles. The van der Waals surface area contributed by atoms with Gasteiger partial charge in [0.25, 0.3) is 11.5 Å². The van der Waals surface area contributed by atoms with E-state index in [-0.39, 0.29) is 11.5 Å². The lowest BCUT2D eigenvalue weighted by Crippen LogP contribution is -3.09. The van der Waals surface area contributed by atoms with Crippen molar-refractivity contribution in [2.75, 3.05) is 26.7 Å². The number of amides is 1. The maximum absolute atomic E-state index is 12.5. The van der Waals surface area contributed by atoms with Crippen molar-refractivity contribution >= 4 is 27.5 Å². The first-order chi connectivity index (χ1) is 11.5. The van der Waals surface area contributed by atoms with Crippen LogP contribution in [0.3, 0.4) is 0 Å². The van der Waals surface area contributed by atoms with E-state index in [0.29, 0.717) is 18.9 Å². The molecule has 6 nitrogen and oxygen atoms in total. The molecule has 130 valence electrons. The van der Waals surface area contributed by atoms with E-state index in [1.54, 1.807) is 11.3 Å². The largest absolute Gasteiger partial charge is 0.338 e. The van der Waals surface area contributed by atoms with Gasteiger partial charge in [0.1, 0.15) is 11.4 Å². The second-order valence-corrected chi connectivity index (χ2v) is 7.51. The standard InChI is InChI=1S/C17H24N4O2S/c1-4-21(5-2)14(22)10-20(3)9-13-18-16(23)15-11-7-6-8-12(11)24-17(15)19-13/h4-10H2,1-3H3,(H,18,19,23)/p+1. The van der Waals surface area contributed by atoms with Crippen LogP contribution < -0.4 is 10.5 Å². The fourth-order valence-corrected chi connectivity index (χ4v) is 4.71. The minimum Gasteiger partial charge on any atom is -0.338 e. The molecule has 1 amide bonds. The number of nitrogens with one attached hydrogen (secondary N) is 2. The number of thiophene rings is 1. The normalized spacial score (nSPS) is 14.8. The summed E-state index contributed by atoms with van der Waals surface area (Å²) in [6, 6.07) is 0. The van der Waals surface area contributed by atoms with Gasteiger partial charge >= 0.3 is 0 Å². The van der Waals surface area contributed by atoms with Crippen molar-refractivity contribution in [2.45, 2.75) is 39.7 Å². The molecule has 0 spiro atoms. The number of quaternary nitrogens is 1. The summed E-state index contributed by atoms with van der Waals surface area (Å²) in [5.74, 6) is 0.799. The van der Waals surface area contributed by atoms with E-state index in [4.69, 9.17) is 0 Å². The fraction of sp³-hybridized carbons (Fsp3) is 0.588. The molecule has 3 rings (SSSR count). The summed E-state index contributed by atoms with van der Waals surface area (Å²) in [4.78, 5) is 37.2. The number of carbonyl (C=O) groups is 1. The van der Waals surface area contributed by atoms with E-state index in [1.807, 2.05) is 25.8 Å². The SMILES string of the molecule is CCN(CC)C(=O)C[NH+](C)Cc1nc2sc3c(c2c(=O)[nH]1)CCC3. The molecular weight excluding hydrogens is 324 g/mol. The number of fused-ring (bicyclic) bond motifs is 3. The number of rotatable bonds is 6. The van der Waals surface area contributed by atoms with E-state index in [0.717, 1.165) is 47.5 Å². The lowest BCUT2D eigenvalue weighted by molar-refractivity contribution is -0.886. The zero-order chi connectivity index (χ0) is 17.3. The van der Waals surface area contributed by atoms with Crippen molar-refractivity contribution in [3.8, 4) is 0 Å². The third kappa shape index (κ3) is 3.23. The number of aryl methyl sites for hydroxylation is 2. The predicted octanol–water partition coefficient (Wildman–Crippen LogP) is 0.356. The fourth-order valence-electron chi connectivity index (χ4n) is 3.43. The van der Waals surface area contributed by atoms with Crippen molar-refractivity contribution in [1.29, 1.82) is 0 Å². The Hall–Kier alpha value is -1.73. The average Bonchev–Trinajstić information content (AvgIpc) is 3.08. The van der Waals surface area contributed by atoms with Crippen molar-refractivity contribution in [3.05, 3.63) is 26.6 Å². The molecule has 2 heterocycles. The minimum absolute atomic E-state index is 0.0303. The molecule has 0 saturated carbocycles. The molecule has 2 N–H and O–H groups in total. The van der Waals surface area contributed by atoms with Crippen molar-refractivity contribution in [3.63, 3.8) is 0 Å². The van der Waals surface area contributed by atoms with Crippen LogP contribution in [-0.2, 0) is 24.2 Å². The molecule has 2 aromatic heterocycles. The van der Waals surface area contributed by atoms with Crippen molar-refractivity contribution in [1.82, 2.24) is 14.9 Å². The number of nitrogens with zero attached hydrogens (tertiary/aromatic N) is 2. The maximum atomic E-state index is 12.5. The highest BCUT2D eigenvalue weighted by Crippen LogP contribution is 2.34. The first-order valence-corrected chi connectivity index (χ1v) is 9.47. The van der Waals surface area contributed by atoms with Gasteiger partial charge in [0.15, 0.2) is 12.4 Å². The van der Waals surface area contributed by atoms with Crippen LogP contribution in [0.2, 0.25) is 0 Å². The number of carbonyl (C=O) groups excluding carboxylic acids is 1. The second kappa shape index (κ2) is 7.03. The number of hydrogen-bond acceptors (Lipinski definition) is 4. The van der Waals surface area contributed by atoms with Crippen LogP contribution in [0, 0.1) is 0 Å². The third-order valence-electron chi connectivity index (χ3n) is 4.66. The monoisotopic (exact) mass is 349 g/mol. The highest BCUT2D eigenvalue weighted by atomic mass is 32.1. The Labute approximate surface area is 145 Å². The van der Waals surface area contributed by atoms with E-state index in [2.05, 4.69) is 9.97 Å². The minimum atomic E-state index is -0.0303. The van der Waals surface area contributed by atoms with E-state index in [9.17, 15) is 9.59 Å². The quantitative estimate of drug-likeness (QED) is 0.791. The zero-order valence-corrected chi connectivity index (χ0v) is 15.4. The van der Waals surface area contributed by atoms with E-state index in [1.165, 1.54) is 10.4 Å². The van der Waals surface area contributed by atoms with E-state index >= 15 is 0 Å². The van der Waals surface area contributed by atoms with Crippen LogP contribution in [0.4, 0.5) is 0 Å². The molecule has 7 heteroatoms. The Morgan fingerprint density at radius 1 is 1.33 bits per heavy atom. The van der Waals surface area contributed by atoms with Crippen LogP contribution in [0.5, 0.6) is 0 Å². The first kappa shape index (κ1) is 17.1. The van der Waals surface area contributed by atoms with Crippen LogP contribution >= 0.6 is 11.3 Å². The van der Waals surface area contributed by atoms with Gasteiger partial charge in [0, 0.05) is 18.0 Å². The summed E-state index contributed by atoms with van der Waals surface area (Å²) in [5.41, 5.74) is 1.17. The number of likely N-dealkylation sites (N-methyl/N-ethyl adjacent to an activating group) is 2. The smallest absolute Gasteiger partial charge is 0.277 e. The number of hydrogen-bond donors (Lipinski definition) is 2. The molecule has 24 heavy (non-hydrogen) atoms. The average molecular weight is 349 g/mol. The molecule has 1 unspecified atom stereocenters. The molecule has 0 fully saturated rings. The highest BCUT2D eigenvalue weighted by molar-refractivity contribution is 7.18. The van der Waals surface area contributed by atoms with Gasteiger partial charge in [0.05, 0.1) is 12.4 Å². The Bertz CT molecular complexity index is 807. The molecule has 1 aliphatic rings. The summed E-state index contributed by atoms with van der Waals surface area (Å²) in [7, 11) is 1.96. The molecule has 1 aliphatic carbocycles. The summed E-state index contributed by atoms with van der Waals surface area (Å²) in [6.45, 7) is 6.37. The highest BCUT2D eigenvalue weighted by Gasteiger charge is 2.22. The first-order valence-electron chi connectivity index (χ1n) is 8.66. The Balaban J connectivity index is 1.76. The van der Waals surface area contributed by atoms with Gasteiger partial charge in [-0.2, -0.15) is 0 Å². The molecular formula is C17H25N4O2S+. The predicted molar refractivity (Wildman–Crippen MR) is 95.7 cm³/mol. The Morgan fingerprint density at radius 3 is 2.79 bits per heavy atom. The lowest BCUT2D eigenvalue weighted by atomic mass is 10.2. The van der Waals surface area contributed by atoms with Crippen LogP contribution in [0.15, 0.2) is 4.79 Å². The lowest BCUT2D eigenvalue weighted by Gasteiger charge is -2.20. The molecule has 2 aromatic rings. The summed E-state index contributed by atoms with van der Waals surface area (Å²) in [5, 5.41) is 0.785. The van der Waals surface area contributed by atoms with Crippen molar-refractivity contribution < 1.29 is 9.69 Å². The number of aromatic amines is 1. The molecule has 1 atom stereocenters. The van der Waals surface area contributed by atoms with Gasteiger partial charge in [-0.25, -0.2) is 4.98 Å². The van der Waals surface area contributed by atoms with Gasteiger partial charge in [0.2, 0.25) is 0 Å². The van der Waals surface area contributed by atoms with Crippen LogP contribution in [0.25, 0.3) is 10.2 Å². The summed E-state index contributed by atoms with van der Waals surface area (Å²) < 4.78 is 0. The van der Waals surface area contributed by atoms with Crippen LogP contribution in [0.1, 0.15) is 36.5 Å². The topological polar surface area (TPSA) is 70.5 Å². The van der Waals surface area contributed by atoms with Crippen LogP contribution in [-0.4, -0.2) is 47.5 Å². The van der Waals surface area contributed by atoms with Gasteiger partial charge in [-0.1, -0.05) is 0 Å². The summed E-state index contributed by atoms with van der Waals surface area (Å²) >= 11 is 1.65. The summed E-state index contributed by atoms with van der Waals surface area (Å²) in [6.07, 6.45) is 3.19.